The largest absolute Gasteiger partial charge is 0.396 e. The topological polar surface area (TPSA) is 20.2 Å². The maximum Gasteiger partial charge on any atom is 0.0462 e. The third kappa shape index (κ3) is 4.67. The molecule has 0 fully saturated rings. The molecule has 0 aromatic heterocycles. The fourth-order valence-electron chi connectivity index (χ4n) is 1.91. The van der Waals surface area contributed by atoms with E-state index in [1.807, 2.05) is 0 Å². The van der Waals surface area contributed by atoms with E-state index in [1.54, 1.807) is 0 Å². The molecular formula is C14H21BrO. The number of benzene rings is 1. The second-order valence-corrected chi connectivity index (χ2v) is 5.54. The summed E-state index contributed by atoms with van der Waals surface area (Å²) >= 11 is 3.43. The van der Waals surface area contributed by atoms with Crippen molar-refractivity contribution in [1.29, 1.82) is 0 Å². The first-order chi connectivity index (χ1) is 7.65. The van der Waals surface area contributed by atoms with E-state index >= 15 is 0 Å². The molecule has 0 aliphatic heterocycles. The van der Waals surface area contributed by atoms with Crippen molar-refractivity contribution in [2.24, 2.45) is 11.8 Å². The van der Waals surface area contributed by atoms with Gasteiger partial charge in [0.25, 0.3) is 0 Å². The summed E-state index contributed by atoms with van der Waals surface area (Å²) in [6, 6.07) is 8.38. The molecule has 1 N–H and O–H groups in total. The molecule has 0 bridgehead atoms. The highest BCUT2D eigenvalue weighted by Gasteiger charge is 2.12. The average Bonchev–Trinajstić information content (AvgIpc) is 2.30. The van der Waals surface area contributed by atoms with Crippen LogP contribution in [0.15, 0.2) is 28.7 Å². The minimum atomic E-state index is 0.292. The summed E-state index contributed by atoms with van der Waals surface area (Å²) in [5.41, 5.74) is 1.31. The summed E-state index contributed by atoms with van der Waals surface area (Å²) in [6.07, 6.45) is 3.29. The van der Waals surface area contributed by atoms with Crippen LogP contribution in [0.2, 0.25) is 0 Å². The quantitative estimate of drug-likeness (QED) is 0.836. The Morgan fingerprint density at radius 3 is 2.38 bits per heavy atom. The average molecular weight is 285 g/mol. The molecule has 1 rings (SSSR count). The molecule has 0 saturated carbocycles. The van der Waals surface area contributed by atoms with Gasteiger partial charge in [-0.25, -0.2) is 0 Å². The van der Waals surface area contributed by atoms with Gasteiger partial charge < -0.3 is 5.11 Å². The highest BCUT2D eigenvalue weighted by molar-refractivity contribution is 9.10. The Balaban J connectivity index is 2.52. The van der Waals surface area contributed by atoms with Gasteiger partial charge in [0.2, 0.25) is 0 Å². The van der Waals surface area contributed by atoms with Crippen LogP contribution >= 0.6 is 15.9 Å². The van der Waals surface area contributed by atoms with Crippen LogP contribution in [-0.2, 0) is 6.42 Å². The van der Waals surface area contributed by atoms with Crippen molar-refractivity contribution in [3.8, 4) is 0 Å². The summed E-state index contributed by atoms with van der Waals surface area (Å²) < 4.78 is 1.11. The van der Waals surface area contributed by atoms with E-state index < -0.39 is 0 Å². The summed E-state index contributed by atoms with van der Waals surface area (Å²) in [5.74, 6) is 1.10. The lowest BCUT2D eigenvalue weighted by Gasteiger charge is -2.18. The number of halogens is 1. The molecule has 0 aliphatic rings. The van der Waals surface area contributed by atoms with Crippen LogP contribution in [0.5, 0.6) is 0 Å². The molecule has 0 aliphatic carbocycles. The Kier molecular flexibility index (Phi) is 6.07. The van der Waals surface area contributed by atoms with Gasteiger partial charge in [-0.1, -0.05) is 48.3 Å². The molecule has 2 heteroatoms. The van der Waals surface area contributed by atoms with E-state index in [0.717, 1.165) is 17.3 Å². The smallest absolute Gasteiger partial charge is 0.0462 e. The number of aliphatic hydroxyl groups is 1. The minimum absolute atomic E-state index is 0.292. The van der Waals surface area contributed by atoms with Crippen LogP contribution in [0.1, 0.15) is 32.3 Å². The van der Waals surface area contributed by atoms with Crippen molar-refractivity contribution in [1.82, 2.24) is 0 Å². The Hall–Kier alpha value is -0.340. The van der Waals surface area contributed by atoms with Gasteiger partial charge in [0.15, 0.2) is 0 Å². The van der Waals surface area contributed by atoms with Gasteiger partial charge in [0, 0.05) is 11.1 Å². The molecule has 0 amide bonds. The molecule has 0 heterocycles. The van der Waals surface area contributed by atoms with Crippen molar-refractivity contribution in [2.75, 3.05) is 6.61 Å². The van der Waals surface area contributed by atoms with E-state index in [1.165, 1.54) is 12.0 Å². The Labute approximate surface area is 107 Å². The molecule has 2 unspecified atom stereocenters. The van der Waals surface area contributed by atoms with Gasteiger partial charge in [-0.05, 0) is 42.4 Å². The van der Waals surface area contributed by atoms with Crippen molar-refractivity contribution in [3.05, 3.63) is 34.3 Å². The predicted octanol–water partition coefficient (Wildman–Crippen LogP) is 4.04. The summed E-state index contributed by atoms with van der Waals surface area (Å²) in [6.45, 7) is 4.75. The monoisotopic (exact) mass is 284 g/mol. The standard InChI is InChI=1S/C14H21BrO/c1-3-11(2)8-13(10-16)9-12-4-6-14(15)7-5-12/h4-7,11,13,16H,3,8-10H2,1-2H3. The fourth-order valence-corrected chi connectivity index (χ4v) is 2.18. The zero-order chi connectivity index (χ0) is 12.0. The van der Waals surface area contributed by atoms with E-state index in [4.69, 9.17) is 0 Å². The molecule has 0 radical (unpaired) electrons. The first-order valence-electron chi connectivity index (χ1n) is 6.01. The minimum Gasteiger partial charge on any atom is -0.396 e. The van der Waals surface area contributed by atoms with Crippen LogP contribution in [0, 0.1) is 11.8 Å². The number of rotatable bonds is 6. The van der Waals surface area contributed by atoms with E-state index in [2.05, 4.69) is 54.0 Å². The molecular weight excluding hydrogens is 264 g/mol. The van der Waals surface area contributed by atoms with Gasteiger partial charge >= 0.3 is 0 Å². The number of aliphatic hydroxyl groups excluding tert-OH is 1. The maximum absolute atomic E-state index is 9.38. The molecule has 90 valence electrons. The van der Waals surface area contributed by atoms with Gasteiger partial charge in [-0.15, -0.1) is 0 Å². The van der Waals surface area contributed by atoms with E-state index in [-0.39, 0.29) is 0 Å². The van der Waals surface area contributed by atoms with Crippen molar-refractivity contribution in [2.45, 2.75) is 33.1 Å². The van der Waals surface area contributed by atoms with Crippen LogP contribution in [-0.4, -0.2) is 11.7 Å². The fraction of sp³-hybridized carbons (Fsp3) is 0.571. The lowest BCUT2D eigenvalue weighted by Crippen LogP contribution is -2.13. The highest BCUT2D eigenvalue weighted by atomic mass is 79.9. The Morgan fingerprint density at radius 1 is 1.25 bits per heavy atom. The lowest BCUT2D eigenvalue weighted by molar-refractivity contribution is 0.201. The molecule has 1 aromatic rings. The van der Waals surface area contributed by atoms with Gasteiger partial charge in [-0.3, -0.25) is 0 Å². The van der Waals surface area contributed by atoms with Crippen LogP contribution in [0.25, 0.3) is 0 Å². The zero-order valence-corrected chi connectivity index (χ0v) is 11.7. The van der Waals surface area contributed by atoms with E-state index in [9.17, 15) is 5.11 Å². The summed E-state index contributed by atoms with van der Waals surface area (Å²) in [5, 5.41) is 9.38. The van der Waals surface area contributed by atoms with Crippen LogP contribution in [0.3, 0.4) is 0 Å². The molecule has 16 heavy (non-hydrogen) atoms. The molecule has 0 spiro atoms. The second-order valence-electron chi connectivity index (χ2n) is 4.63. The first-order valence-corrected chi connectivity index (χ1v) is 6.80. The van der Waals surface area contributed by atoms with Crippen molar-refractivity contribution >= 4 is 15.9 Å². The van der Waals surface area contributed by atoms with Crippen LogP contribution < -0.4 is 0 Å². The normalized spacial score (nSPS) is 14.8. The lowest BCUT2D eigenvalue weighted by atomic mass is 9.90. The second kappa shape index (κ2) is 7.08. The number of hydrogen-bond acceptors (Lipinski definition) is 1. The zero-order valence-electron chi connectivity index (χ0n) is 10.1. The van der Waals surface area contributed by atoms with Crippen molar-refractivity contribution in [3.63, 3.8) is 0 Å². The first kappa shape index (κ1) is 13.7. The molecule has 2 atom stereocenters. The Morgan fingerprint density at radius 2 is 1.88 bits per heavy atom. The third-order valence-corrected chi connectivity index (χ3v) is 3.66. The molecule has 1 aromatic carbocycles. The van der Waals surface area contributed by atoms with E-state index in [0.29, 0.717) is 18.4 Å². The highest BCUT2D eigenvalue weighted by Crippen LogP contribution is 2.20. The van der Waals surface area contributed by atoms with Crippen LogP contribution in [0.4, 0.5) is 0 Å². The summed E-state index contributed by atoms with van der Waals surface area (Å²) in [4.78, 5) is 0. The third-order valence-electron chi connectivity index (χ3n) is 3.13. The van der Waals surface area contributed by atoms with Crippen molar-refractivity contribution < 1.29 is 5.11 Å². The Bertz CT molecular complexity index is 294. The predicted molar refractivity (Wildman–Crippen MR) is 72.5 cm³/mol. The summed E-state index contributed by atoms with van der Waals surface area (Å²) in [7, 11) is 0. The SMILES string of the molecule is CCC(C)CC(CO)Cc1ccc(Br)cc1. The van der Waals surface area contributed by atoms with Gasteiger partial charge in [0.05, 0.1) is 0 Å². The molecule has 1 nitrogen and oxygen atoms in total. The molecule has 0 saturated heterocycles. The van der Waals surface area contributed by atoms with Gasteiger partial charge in [0.1, 0.15) is 0 Å². The van der Waals surface area contributed by atoms with Gasteiger partial charge in [-0.2, -0.15) is 0 Å². The maximum atomic E-state index is 9.38. The number of hydrogen-bond donors (Lipinski definition) is 1.